The number of hydrogen-bond donors (Lipinski definition) is 1. The number of halogens is 4. The fourth-order valence-electron chi connectivity index (χ4n) is 4.69. The van der Waals surface area contributed by atoms with Crippen molar-refractivity contribution in [3.63, 3.8) is 0 Å². The van der Waals surface area contributed by atoms with Gasteiger partial charge in [-0.15, -0.1) is 0 Å². The van der Waals surface area contributed by atoms with Crippen LogP contribution in [0.25, 0.3) is 0 Å². The number of carbonyl (C=O) groups excluding carboxylic acids is 1. The van der Waals surface area contributed by atoms with E-state index < -0.39 is 12.0 Å². The summed E-state index contributed by atoms with van der Waals surface area (Å²) in [5, 5.41) is 3.89. The van der Waals surface area contributed by atoms with Gasteiger partial charge in [0, 0.05) is 63.5 Å². The van der Waals surface area contributed by atoms with E-state index in [0.29, 0.717) is 22.2 Å². The van der Waals surface area contributed by atoms with E-state index in [-0.39, 0.29) is 32.2 Å². The van der Waals surface area contributed by atoms with Crippen LogP contribution in [0.5, 0.6) is 0 Å². The van der Waals surface area contributed by atoms with Crippen LogP contribution in [0.2, 0.25) is 10.0 Å². The zero-order chi connectivity index (χ0) is 25.7. The van der Waals surface area contributed by atoms with Gasteiger partial charge in [0.25, 0.3) is 5.92 Å². The first kappa shape index (κ1) is 26.8. The summed E-state index contributed by atoms with van der Waals surface area (Å²) in [5.41, 5.74) is 2.29. The minimum atomic E-state index is -2.60. The maximum Gasteiger partial charge on any atom is 0.413 e. The lowest BCUT2D eigenvalue weighted by Gasteiger charge is -2.39. The van der Waals surface area contributed by atoms with Crippen LogP contribution in [0.3, 0.4) is 0 Å². The number of benzene rings is 2. The molecule has 10 heteroatoms. The first-order chi connectivity index (χ1) is 17.3. The van der Waals surface area contributed by atoms with Crippen LogP contribution in [0, 0.1) is 0 Å². The Labute approximate surface area is 221 Å². The van der Waals surface area contributed by atoms with Crippen LogP contribution in [0.1, 0.15) is 32.6 Å². The number of rotatable bonds is 7. The third kappa shape index (κ3) is 6.72. The largest absolute Gasteiger partial charge is 0.430 e. The van der Waals surface area contributed by atoms with Gasteiger partial charge in [-0.3, -0.25) is 10.2 Å². The van der Waals surface area contributed by atoms with Crippen molar-refractivity contribution in [2.75, 3.05) is 54.4 Å². The van der Waals surface area contributed by atoms with Crippen LogP contribution in [0.15, 0.2) is 42.5 Å². The molecule has 1 unspecified atom stereocenters. The fraction of sp³-hybridized carbons (Fsp3) is 0.500. The Bertz CT molecular complexity index is 1040. The van der Waals surface area contributed by atoms with Crippen LogP contribution < -0.4 is 15.1 Å². The molecule has 2 aromatic rings. The first-order valence-electron chi connectivity index (χ1n) is 12.4. The topological polar surface area (TPSA) is 48.1 Å². The predicted molar refractivity (Wildman–Crippen MR) is 142 cm³/mol. The first-order valence-corrected chi connectivity index (χ1v) is 13.1. The Balaban J connectivity index is 1.33. The van der Waals surface area contributed by atoms with Gasteiger partial charge in [-0.2, -0.15) is 0 Å². The molecule has 4 rings (SSSR count). The van der Waals surface area contributed by atoms with Gasteiger partial charge in [0.05, 0.1) is 15.7 Å². The van der Waals surface area contributed by atoms with Gasteiger partial charge in [0.1, 0.15) is 0 Å². The van der Waals surface area contributed by atoms with Crippen LogP contribution in [-0.4, -0.2) is 62.4 Å². The number of ether oxygens (including phenoxy) is 1. The molecule has 0 spiro atoms. The van der Waals surface area contributed by atoms with Gasteiger partial charge >= 0.3 is 6.09 Å². The molecule has 2 aliphatic heterocycles. The Morgan fingerprint density at radius 3 is 2.42 bits per heavy atom. The van der Waals surface area contributed by atoms with E-state index in [4.69, 9.17) is 27.9 Å². The van der Waals surface area contributed by atoms with E-state index in [1.54, 1.807) is 24.3 Å². The molecule has 2 aliphatic rings. The number of piperazine rings is 1. The number of piperidine rings is 1. The monoisotopic (exact) mass is 540 g/mol. The molecule has 0 saturated carbocycles. The Morgan fingerprint density at radius 1 is 1.03 bits per heavy atom. The lowest BCUT2D eigenvalue weighted by atomic mass is 10.1. The number of nitrogens with one attached hydrogen (secondary N) is 1. The molecule has 196 valence electrons. The summed E-state index contributed by atoms with van der Waals surface area (Å²) in [6.07, 6.45) is 0.376. The second-order valence-corrected chi connectivity index (χ2v) is 10.0. The second-order valence-electron chi connectivity index (χ2n) is 9.26. The number of alkyl halides is 2. The fourth-order valence-corrected chi connectivity index (χ4v) is 5.11. The summed E-state index contributed by atoms with van der Waals surface area (Å²) in [6.45, 7) is 5.54. The standard InChI is InChI=1S/C26H32Cl2F2N4O2/c1-2-5-23(34-16-14-33(15-17-34)22-9-4-8-21(27)24(22)28)36-25(35)31-19-6-3-7-20(18-19)32-12-10-26(29,30)11-13-32/h3-4,6-9,18,23H,2,5,10-17H2,1H3,(H,31,35). The highest BCUT2D eigenvalue weighted by atomic mass is 35.5. The number of carbonyl (C=O) groups is 1. The van der Waals surface area contributed by atoms with E-state index in [0.717, 1.165) is 44.0 Å². The Kier molecular flexibility index (Phi) is 8.80. The average Bonchev–Trinajstić information content (AvgIpc) is 2.86. The molecule has 1 amide bonds. The number of hydrogen-bond acceptors (Lipinski definition) is 5. The molecule has 2 heterocycles. The summed E-state index contributed by atoms with van der Waals surface area (Å²) in [6, 6.07) is 12.9. The molecular weight excluding hydrogens is 509 g/mol. The van der Waals surface area contributed by atoms with Crippen LogP contribution in [0.4, 0.5) is 30.6 Å². The molecule has 2 fully saturated rings. The lowest BCUT2D eigenvalue weighted by Crippen LogP contribution is -2.52. The van der Waals surface area contributed by atoms with E-state index in [1.807, 2.05) is 23.1 Å². The smallest absolute Gasteiger partial charge is 0.413 e. The number of nitrogens with zero attached hydrogens (tertiary/aromatic N) is 3. The molecule has 0 aromatic heterocycles. The zero-order valence-corrected chi connectivity index (χ0v) is 21.9. The number of amides is 1. The molecule has 6 nitrogen and oxygen atoms in total. The highest BCUT2D eigenvalue weighted by molar-refractivity contribution is 6.43. The maximum absolute atomic E-state index is 13.5. The van der Waals surface area contributed by atoms with Gasteiger partial charge < -0.3 is 14.5 Å². The maximum atomic E-state index is 13.5. The predicted octanol–water partition coefficient (Wildman–Crippen LogP) is 6.73. The van der Waals surface area contributed by atoms with Crippen molar-refractivity contribution in [1.29, 1.82) is 0 Å². The van der Waals surface area contributed by atoms with Crippen molar-refractivity contribution in [1.82, 2.24) is 4.90 Å². The summed E-state index contributed by atoms with van der Waals surface area (Å²) in [5.74, 6) is -2.60. The normalized spacial score (nSPS) is 19.1. The van der Waals surface area contributed by atoms with Crippen molar-refractivity contribution in [2.45, 2.75) is 44.8 Å². The van der Waals surface area contributed by atoms with Crippen molar-refractivity contribution >= 4 is 46.4 Å². The van der Waals surface area contributed by atoms with Gasteiger partial charge in [0.2, 0.25) is 0 Å². The molecule has 1 N–H and O–H groups in total. The molecular formula is C26H32Cl2F2N4O2. The van der Waals surface area contributed by atoms with E-state index in [9.17, 15) is 13.6 Å². The van der Waals surface area contributed by atoms with Crippen molar-refractivity contribution in [3.8, 4) is 0 Å². The molecule has 2 aromatic carbocycles. The van der Waals surface area contributed by atoms with E-state index in [1.165, 1.54) is 0 Å². The molecule has 36 heavy (non-hydrogen) atoms. The summed E-state index contributed by atoms with van der Waals surface area (Å²) < 4.78 is 32.8. The summed E-state index contributed by atoms with van der Waals surface area (Å²) in [4.78, 5) is 19.0. The molecule has 0 radical (unpaired) electrons. The minimum absolute atomic E-state index is 0.165. The minimum Gasteiger partial charge on any atom is -0.430 e. The van der Waals surface area contributed by atoms with Crippen LogP contribution >= 0.6 is 23.2 Å². The van der Waals surface area contributed by atoms with Gasteiger partial charge in [-0.1, -0.05) is 48.7 Å². The average molecular weight is 541 g/mol. The third-order valence-electron chi connectivity index (χ3n) is 6.72. The van der Waals surface area contributed by atoms with Crippen LogP contribution in [-0.2, 0) is 4.74 Å². The number of anilines is 3. The molecule has 0 aliphatic carbocycles. The summed E-state index contributed by atoms with van der Waals surface area (Å²) >= 11 is 12.6. The van der Waals surface area contributed by atoms with Crippen molar-refractivity contribution < 1.29 is 18.3 Å². The quantitative estimate of drug-likeness (QED) is 0.422. The molecule has 1 atom stereocenters. The highest BCUT2D eigenvalue weighted by Crippen LogP contribution is 2.33. The van der Waals surface area contributed by atoms with Gasteiger partial charge in [0.15, 0.2) is 6.23 Å². The van der Waals surface area contributed by atoms with Crippen molar-refractivity contribution in [3.05, 3.63) is 52.5 Å². The Hall–Kier alpha value is -2.29. The lowest BCUT2D eigenvalue weighted by molar-refractivity contribution is -0.0220. The van der Waals surface area contributed by atoms with Gasteiger partial charge in [-0.25, -0.2) is 13.6 Å². The second kappa shape index (κ2) is 11.8. The third-order valence-corrected chi connectivity index (χ3v) is 7.53. The molecule has 0 bridgehead atoms. The van der Waals surface area contributed by atoms with Gasteiger partial charge in [-0.05, 0) is 36.8 Å². The van der Waals surface area contributed by atoms with Crippen molar-refractivity contribution in [2.24, 2.45) is 0 Å². The SMILES string of the molecule is CCCC(OC(=O)Nc1cccc(N2CCC(F)(F)CC2)c1)N1CCN(c2cccc(Cl)c2Cl)CC1. The van der Waals surface area contributed by atoms with E-state index >= 15 is 0 Å². The van der Waals surface area contributed by atoms with E-state index in [2.05, 4.69) is 22.0 Å². The summed E-state index contributed by atoms with van der Waals surface area (Å²) in [7, 11) is 0. The molecule has 2 saturated heterocycles. The highest BCUT2D eigenvalue weighted by Gasteiger charge is 2.34. The Morgan fingerprint density at radius 2 is 1.72 bits per heavy atom. The zero-order valence-electron chi connectivity index (χ0n) is 20.4.